The first-order valence-electron chi connectivity index (χ1n) is 5.63. The van der Waals surface area contributed by atoms with Crippen molar-refractivity contribution in [2.24, 2.45) is 0 Å². The predicted molar refractivity (Wildman–Crippen MR) is 74.9 cm³/mol. The van der Waals surface area contributed by atoms with Crippen molar-refractivity contribution in [2.75, 3.05) is 23.7 Å². The Balaban J connectivity index is 2.13. The van der Waals surface area contributed by atoms with E-state index in [1.54, 1.807) is 18.2 Å². The zero-order valence-electron chi connectivity index (χ0n) is 9.73. The van der Waals surface area contributed by atoms with Crippen molar-refractivity contribution >= 4 is 37.3 Å². The number of benzene rings is 1. The summed E-state index contributed by atoms with van der Waals surface area (Å²) in [5.74, 6) is 0. The van der Waals surface area contributed by atoms with Crippen LogP contribution in [0.4, 0.5) is 11.4 Å². The fourth-order valence-electron chi connectivity index (χ4n) is 1.82. The van der Waals surface area contributed by atoms with Crippen LogP contribution in [0.15, 0.2) is 22.7 Å². The van der Waals surface area contributed by atoms with Crippen LogP contribution in [0.1, 0.15) is 12.8 Å². The van der Waals surface area contributed by atoms with Crippen LogP contribution in [0.5, 0.6) is 0 Å². The number of nitrogens with one attached hydrogen (secondary N) is 1. The van der Waals surface area contributed by atoms with Crippen LogP contribution < -0.4 is 10.5 Å². The molecule has 2 rings (SSSR count). The Bertz CT molecular complexity index is 527. The van der Waals surface area contributed by atoms with Crippen LogP contribution in [-0.4, -0.2) is 26.9 Å². The Labute approximate surface area is 115 Å². The second-order valence-corrected chi connectivity index (χ2v) is 7.01. The van der Waals surface area contributed by atoms with E-state index < -0.39 is 10.0 Å². The molecule has 1 fully saturated rings. The van der Waals surface area contributed by atoms with Crippen LogP contribution in [0.25, 0.3) is 0 Å². The summed E-state index contributed by atoms with van der Waals surface area (Å²) in [6, 6.07) is 4.97. The van der Waals surface area contributed by atoms with Gasteiger partial charge in [-0.3, -0.25) is 4.72 Å². The van der Waals surface area contributed by atoms with Gasteiger partial charge in [0.2, 0.25) is 10.0 Å². The molecule has 0 spiro atoms. The molecule has 1 aliphatic rings. The van der Waals surface area contributed by atoms with E-state index in [1.807, 2.05) is 0 Å². The number of hydrogen-bond acceptors (Lipinski definition) is 4. The van der Waals surface area contributed by atoms with Crippen molar-refractivity contribution < 1.29 is 13.2 Å². The number of hydrogen-bond donors (Lipinski definition) is 2. The Hall–Kier alpha value is -0.790. The predicted octanol–water partition coefficient (Wildman–Crippen LogP) is 1.95. The normalized spacial score (nSPS) is 17.6. The third-order valence-electron chi connectivity index (χ3n) is 2.87. The second kappa shape index (κ2) is 5.46. The molecule has 1 aromatic rings. The highest BCUT2D eigenvalue weighted by Gasteiger charge is 2.27. The highest BCUT2D eigenvalue weighted by molar-refractivity contribution is 9.10. The lowest BCUT2D eigenvalue weighted by molar-refractivity contribution is 0.0984. The molecule has 3 N–H and O–H groups in total. The quantitative estimate of drug-likeness (QED) is 0.828. The van der Waals surface area contributed by atoms with Gasteiger partial charge in [-0.05, 0) is 47.0 Å². The number of halogens is 1. The lowest BCUT2D eigenvalue weighted by Crippen LogP contribution is -2.33. The van der Waals surface area contributed by atoms with Gasteiger partial charge < -0.3 is 10.5 Å². The Morgan fingerprint density at radius 2 is 2.00 bits per heavy atom. The van der Waals surface area contributed by atoms with Gasteiger partial charge >= 0.3 is 0 Å². The first-order valence-corrected chi connectivity index (χ1v) is 7.97. The number of sulfonamides is 1. The van der Waals surface area contributed by atoms with Crippen LogP contribution in [0.2, 0.25) is 0 Å². The number of ether oxygens (including phenoxy) is 1. The standard InChI is InChI=1S/C11H15BrN2O3S/c12-10-7-8(1-2-11(10)13)14-18(15,16)9-3-5-17-6-4-9/h1-2,7,9,14H,3-6,13H2. The van der Waals surface area contributed by atoms with E-state index in [2.05, 4.69) is 20.7 Å². The van der Waals surface area contributed by atoms with Gasteiger partial charge in [-0.15, -0.1) is 0 Å². The molecular weight excluding hydrogens is 320 g/mol. The minimum atomic E-state index is -3.36. The third kappa shape index (κ3) is 3.15. The van der Waals surface area contributed by atoms with Crippen molar-refractivity contribution in [3.63, 3.8) is 0 Å². The molecule has 0 bridgehead atoms. The molecule has 1 aliphatic heterocycles. The van der Waals surface area contributed by atoms with E-state index >= 15 is 0 Å². The van der Waals surface area contributed by atoms with E-state index in [0.29, 0.717) is 41.9 Å². The molecule has 0 aromatic heterocycles. The van der Waals surface area contributed by atoms with Gasteiger partial charge in [-0.2, -0.15) is 0 Å². The molecule has 5 nitrogen and oxygen atoms in total. The topological polar surface area (TPSA) is 81.4 Å². The molecule has 18 heavy (non-hydrogen) atoms. The summed E-state index contributed by atoms with van der Waals surface area (Å²) in [7, 11) is -3.36. The fraction of sp³-hybridized carbons (Fsp3) is 0.455. The first kappa shape index (κ1) is 13.6. The molecule has 0 atom stereocenters. The van der Waals surface area contributed by atoms with Crippen LogP contribution >= 0.6 is 15.9 Å². The summed E-state index contributed by atoms with van der Waals surface area (Å²) >= 11 is 3.27. The van der Waals surface area contributed by atoms with Crippen LogP contribution in [0.3, 0.4) is 0 Å². The molecule has 0 radical (unpaired) electrons. The SMILES string of the molecule is Nc1ccc(NS(=O)(=O)C2CCOCC2)cc1Br. The first-order chi connectivity index (χ1) is 8.49. The van der Waals surface area contributed by atoms with Crippen LogP contribution in [0, 0.1) is 0 Å². The van der Waals surface area contributed by atoms with Gasteiger partial charge in [0, 0.05) is 29.1 Å². The highest BCUT2D eigenvalue weighted by atomic mass is 79.9. The average molecular weight is 335 g/mol. The van der Waals surface area contributed by atoms with E-state index in [-0.39, 0.29) is 5.25 Å². The maximum absolute atomic E-state index is 12.1. The summed E-state index contributed by atoms with van der Waals surface area (Å²) in [6.07, 6.45) is 1.07. The van der Waals surface area contributed by atoms with Crippen molar-refractivity contribution in [1.29, 1.82) is 0 Å². The lowest BCUT2D eigenvalue weighted by atomic mass is 10.2. The number of anilines is 2. The Kier molecular flexibility index (Phi) is 4.14. The number of nitrogens with two attached hydrogens (primary N) is 1. The molecular formula is C11H15BrN2O3S. The summed E-state index contributed by atoms with van der Waals surface area (Å²) in [6.45, 7) is 0.994. The largest absolute Gasteiger partial charge is 0.398 e. The van der Waals surface area contributed by atoms with E-state index in [4.69, 9.17) is 10.5 Å². The van der Waals surface area contributed by atoms with Gasteiger partial charge in [0.1, 0.15) is 0 Å². The molecule has 1 aromatic carbocycles. The van der Waals surface area contributed by atoms with E-state index in [1.165, 1.54) is 0 Å². The maximum Gasteiger partial charge on any atom is 0.235 e. The minimum absolute atomic E-state index is 0.387. The van der Waals surface area contributed by atoms with E-state index in [9.17, 15) is 8.42 Å². The smallest absolute Gasteiger partial charge is 0.235 e. The molecule has 0 amide bonds. The van der Waals surface area contributed by atoms with Gasteiger partial charge in [0.15, 0.2) is 0 Å². The Morgan fingerprint density at radius 1 is 1.33 bits per heavy atom. The van der Waals surface area contributed by atoms with Crippen molar-refractivity contribution in [3.05, 3.63) is 22.7 Å². The molecule has 100 valence electrons. The number of nitrogen functional groups attached to an aromatic ring is 1. The monoisotopic (exact) mass is 334 g/mol. The van der Waals surface area contributed by atoms with Crippen molar-refractivity contribution in [2.45, 2.75) is 18.1 Å². The van der Waals surface area contributed by atoms with Gasteiger partial charge in [-0.1, -0.05) is 0 Å². The summed E-state index contributed by atoms with van der Waals surface area (Å²) in [4.78, 5) is 0. The van der Waals surface area contributed by atoms with Crippen molar-refractivity contribution in [1.82, 2.24) is 0 Å². The van der Waals surface area contributed by atoms with Gasteiger partial charge in [-0.25, -0.2) is 8.42 Å². The summed E-state index contributed by atoms with van der Waals surface area (Å²) in [5, 5.41) is -0.387. The zero-order valence-corrected chi connectivity index (χ0v) is 12.1. The Morgan fingerprint density at radius 3 is 2.61 bits per heavy atom. The number of rotatable bonds is 3. The van der Waals surface area contributed by atoms with Crippen LogP contribution in [-0.2, 0) is 14.8 Å². The van der Waals surface area contributed by atoms with E-state index in [0.717, 1.165) is 0 Å². The van der Waals surface area contributed by atoms with Gasteiger partial charge in [0.05, 0.1) is 5.25 Å². The molecule has 0 saturated carbocycles. The molecule has 1 heterocycles. The maximum atomic E-state index is 12.1. The molecule has 0 aliphatic carbocycles. The molecule has 7 heteroatoms. The molecule has 0 unspecified atom stereocenters. The van der Waals surface area contributed by atoms with Crippen molar-refractivity contribution in [3.8, 4) is 0 Å². The summed E-state index contributed by atoms with van der Waals surface area (Å²) < 4.78 is 32.7. The zero-order chi connectivity index (χ0) is 13.2. The third-order valence-corrected chi connectivity index (χ3v) is 5.42. The highest BCUT2D eigenvalue weighted by Crippen LogP contribution is 2.25. The fourth-order valence-corrected chi connectivity index (χ4v) is 3.64. The molecule has 1 saturated heterocycles. The average Bonchev–Trinajstić information content (AvgIpc) is 2.35. The second-order valence-electron chi connectivity index (χ2n) is 4.20. The van der Waals surface area contributed by atoms with Gasteiger partial charge in [0.25, 0.3) is 0 Å². The lowest BCUT2D eigenvalue weighted by Gasteiger charge is -2.22. The summed E-state index contributed by atoms with van der Waals surface area (Å²) in [5.41, 5.74) is 6.74. The minimum Gasteiger partial charge on any atom is -0.398 e.